The van der Waals surface area contributed by atoms with E-state index in [4.69, 9.17) is 0 Å². The standard InChI is InChI=1S/C13H22BrN3O2S/c1-4-6-16-9-13(15-11(16)3)20(18,19)17-7-5-12(14)10(2)8-17/h9-10,12H,4-8H2,1-3H3. The highest BCUT2D eigenvalue weighted by Crippen LogP contribution is 2.27. The zero-order valence-corrected chi connectivity index (χ0v) is 14.6. The predicted octanol–water partition coefficient (Wildman–Crippen LogP) is 2.40. The first-order valence-corrected chi connectivity index (χ1v) is 9.39. The Morgan fingerprint density at radius 2 is 2.20 bits per heavy atom. The molecule has 0 spiro atoms. The Morgan fingerprint density at radius 1 is 1.50 bits per heavy atom. The number of hydrogen-bond acceptors (Lipinski definition) is 3. The molecule has 1 aliphatic heterocycles. The van der Waals surface area contributed by atoms with Crippen LogP contribution in [0.3, 0.4) is 0 Å². The van der Waals surface area contributed by atoms with Crippen molar-refractivity contribution in [2.24, 2.45) is 5.92 Å². The number of hydrogen-bond donors (Lipinski definition) is 0. The van der Waals surface area contributed by atoms with Crippen molar-refractivity contribution in [3.05, 3.63) is 12.0 Å². The molecule has 5 nitrogen and oxygen atoms in total. The van der Waals surface area contributed by atoms with Crippen LogP contribution < -0.4 is 0 Å². The third-order valence-corrected chi connectivity index (χ3v) is 6.88. The molecule has 0 aromatic carbocycles. The Labute approximate surface area is 129 Å². The maximum Gasteiger partial charge on any atom is 0.262 e. The van der Waals surface area contributed by atoms with E-state index < -0.39 is 10.0 Å². The molecule has 2 rings (SSSR count). The van der Waals surface area contributed by atoms with Gasteiger partial charge in [-0.15, -0.1) is 0 Å². The fourth-order valence-electron chi connectivity index (χ4n) is 2.50. The lowest BCUT2D eigenvalue weighted by Crippen LogP contribution is -2.43. The molecule has 1 aliphatic rings. The maximum absolute atomic E-state index is 12.6. The van der Waals surface area contributed by atoms with Gasteiger partial charge in [0.1, 0.15) is 5.82 Å². The Balaban J connectivity index is 2.24. The van der Waals surface area contributed by atoms with Gasteiger partial charge in [0.05, 0.1) is 0 Å². The fourth-order valence-corrected chi connectivity index (χ4v) is 4.42. The minimum absolute atomic E-state index is 0.184. The van der Waals surface area contributed by atoms with Crippen molar-refractivity contribution in [2.75, 3.05) is 13.1 Å². The minimum atomic E-state index is -3.46. The summed E-state index contributed by atoms with van der Waals surface area (Å²) in [5, 5.41) is 0.184. The Kier molecular flexibility index (Phi) is 4.92. The number of halogens is 1. The lowest BCUT2D eigenvalue weighted by atomic mass is 10.0. The maximum atomic E-state index is 12.6. The average molecular weight is 364 g/mol. The van der Waals surface area contributed by atoms with E-state index in [1.54, 1.807) is 10.5 Å². The summed E-state index contributed by atoms with van der Waals surface area (Å²) in [7, 11) is -3.46. The Hall–Kier alpha value is -0.400. The smallest absolute Gasteiger partial charge is 0.262 e. The second-order valence-corrected chi connectivity index (χ2v) is 8.53. The van der Waals surface area contributed by atoms with Gasteiger partial charge in [0, 0.05) is 30.7 Å². The zero-order chi connectivity index (χ0) is 14.9. The number of imidazole rings is 1. The topological polar surface area (TPSA) is 55.2 Å². The summed E-state index contributed by atoms with van der Waals surface area (Å²) >= 11 is 3.60. The van der Waals surface area contributed by atoms with Crippen molar-refractivity contribution in [2.45, 2.75) is 50.0 Å². The normalized spacial score (nSPS) is 25.0. The fraction of sp³-hybridized carbons (Fsp3) is 0.769. The lowest BCUT2D eigenvalue weighted by Gasteiger charge is -2.32. The van der Waals surface area contributed by atoms with Gasteiger partial charge in [-0.1, -0.05) is 29.8 Å². The molecule has 0 radical (unpaired) electrons. The van der Waals surface area contributed by atoms with Gasteiger partial charge >= 0.3 is 0 Å². The second-order valence-electron chi connectivity index (χ2n) is 5.46. The molecule has 7 heteroatoms. The van der Waals surface area contributed by atoms with E-state index >= 15 is 0 Å². The third kappa shape index (κ3) is 3.09. The molecule has 0 aliphatic carbocycles. The molecule has 0 amide bonds. The van der Waals surface area contributed by atoms with Gasteiger partial charge in [-0.3, -0.25) is 0 Å². The SMILES string of the molecule is CCCn1cc(S(=O)(=O)N2CCC(Br)C(C)C2)nc1C. The summed E-state index contributed by atoms with van der Waals surface area (Å²) in [6.07, 6.45) is 3.47. The summed E-state index contributed by atoms with van der Waals surface area (Å²) < 4.78 is 28.8. The van der Waals surface area contributed by atoms with Crippen LogP contribution in [0.4, 0.5) is 0 Å². The van der Waals surface area contributed by atoms with Crippen molar-refractivity contribution in [3.8, 4) is 0 Å². The van der Waals surface area contributed by atoms with Crippen LogP contribution in [0.1, 0.15) is 32.5 Å². The van der Waals surface area contributed by atoms with Crippen LogP contribution in [-0.2, 0) is 16.6 Å². The summed E-state index contributed by atoms with van der Waals surface area (Å²) in [6.45, 7) is 7.90. The van der Waals surface area contributed by atoms with Crippen molar-refractivity contribution < 1.29 is 8.42 Å². The van der Waals surface area contributed by atoms with E-state index in [2.05, 4.69) is 34.8 Å². The van der Waals surface area contributed by atoms with Crippen LogP contribution in [-0.4, -0.2) is 40.2 Å². The van der Waals surface area contributed by atoms with Gasteiger partial charge in [0.15, 0.2) is 5.03 Å². The summed E-state index contributed by atoms with van der Waals surface area (Å²) in [5.41, 5.74) is 0. The largest absolute Gasteiger partial charge is 0.334 e. The highest BCUT2D eigenvalue weighted by Gasteiger charge is 2.34. The molecule has 0 N–H and O–H groups in total. The number of alkyl halides is 1. The first-order chi connectivity index (χ1) is 9.36. The zero-order valence-electron chi connectivity index (χ0n) is 12.2. The molecule has 1 aromatic rings. The Bertz CT molecular complexity index is 570. The number of aromatic nitrogens is 2. The van der Waals surface area contributed by atoms with Crippen LogP contribution in [0.15, 0.2) is 11.2 Å². The number of nitrogens with zero attached hydrogens (tertiary/aromatic N) is 3. The van der Waals surface area contributed by atoms with Crippen molar-refractivity contribution in [1.82, 2.24) is 13.9 Å². The highest BCUT2D eigenvalue weighted by molar-refractivity contribution is 9.09. The summed E-state index contributed by atoms with van der Waals surface area (Å²) in [6, 6.07) is 0. The van der Waals surface area contributed by atoms with Crippen LogP contribution in [0, 0.1) is 12.8 Å². The number of rotatable bonds is 4. The highest BCUT2D eigenvalue weighted by atomic mass is 79.9. The van der Waals surface area contributed by atoms with Gasteiger partial charge in [0.2, 0.25) is 0 Å². The molecule has 1 fully saturated rings. The first-order valence-electron chi connectivity index (χ1n) is 7.04. The van der Waals surface area contributed by atoms with E-state index in [-0.39, 0.29) is 5.03 Å². The van der Waals surface area contributed by atoms with Crippen LogP contribution >= 0.6 is 15.9 Å². The average Bonchev–Trinajstić information content (AvgIpc) is 2.75. The monoisotopic (exact) mass is 363 g/mol. The minimum Gasteiger partial charge on any atom is -0.334 e. The number of piperidine rings is 1. The van der Waals surface area contributed by atoms with Gasteiger partial charge in [-0.25, -0.2) is 13.4 Å². The quantitative estimate of drug-likeness (QED) is 0.771. The molecule has 2 atom stereocenters. The summed E-state index contributed by atoms with van der Waals surface area (Å²) in [4.78, 5) is 4.64. The molecule has 1 aromatic heterocycles. The molecule has 2 unspecified atom stereocenters. The van der Waals surface area contributed by atoms with Crippen LogP contribution in [0.5, 0.6) is 0 Å². The van der Waals surface area contributed by atoms with Crippen molar-refractivity contribution in [1.29, 1.82) is 0 Å². The molecule has 0 bridgehead atoms. The van der Waals surface area contributed by atoms with E-state index in [0.29, 0.717) is 23.8 Å². The molecule has 114 valence electrons. The molecular formula is C13H22BrN3O2S. The third-order valence-electron chi connectivity index (χ3n) is 3.79. The van der Waals surface area contributed by atoms with Crippen molar-refractivity contribution in [3.63, 3.8) is 0 Å². The predicted molar refractivity (Wildman–Crippen MR) is 82.5 cm³/mol. The summed E-state index contributed by atoms with van der Waals surface area (Å²) in [5.74, 6) is 1.08. The molecular weight excluding hydrogens is 342 g/mol. The molecule has 0 saturated carbocycles. The van der Waals surface area contributed by atoms with Crippen molar-refractivity contribution >= 4 is 26.0 Å². The van der Waals surface area contributed by atoms with Gasteiger partial charge in [-0.05, 0) is 25.7 Å². The van der Waals surface area contributed by atoms with Gasteiger partial charge < -0.3 is 4.57 Å². The van der Waals surface area contributed by atoms with E-state index in [9.17, 15) is 8.42 Å². The van der Waals surface area contributed by atoms with Crippen LogP contribution in [0.2, 0.25) is 0 Å². The van der Waals surface area contributed by atoms with Gasteiger partial charge in [0.25, 0.3) is 10.0 Å². The molecule has 2 heterocycles. The molecule has 1 saturated heterocycles. The lowest BCUT2D eigenvalue weighted by molar-refractivity contribution is 0.291. The molecule has 20 heavy (non-hydrogen) atoms. The van der Waals surface area contributed by atoms with Crippen LogP contribution in [0.25, 0.3) is 0 Å². The van der Waals surface area contributed by atoms with E-state index in [1.165, 1.54) is 0 Å². The second kappa shape index (κ2) is 6.15. The first kappa shape index (κ1) is 16.0. The van der Waals surface area contributed by atoms with E-state index in [0.717, 1.165) is 25.2 Å². The van der Waals surface area contributed by atoms with Gasteiger partial charge in [-0.2, -0.15) is 4.31 Å². The van der Waals surface area contributed by atoms with E-state index in [1.807, 2.05) is 11.5 Å². The number of aryl methyl sites for hydroxylation is 2. The number of sulfonamides is 1. The Morgan fingerprint density at radius 3 is 2.80 bits per heavy atom.